The molecule has 1 aromatic rings. The highest BCUT2D eigenvalue weighted by Gasteiger charge is 2.47. The van der Waals surface area contributed by atoms with Crippen LogP contribution in [0.5, 0.6) is 5.75 Å². The molecule has 150 valence electrons. The van der Waals surface area contributed by atoms with Crippen LogP contribution in [0.25, 0.3) is 0 Å². The number of carbonyl (C=O) groups is 1. The van der Waals surface area contributed by atoms with Gasteiger partial charge in [0, 0.05) is 43.1 Å². The Morgan fingerprint density at radius 2 is 2.11 bits per heavy atom. The molecule has 0 aromatic heterocycles. The molecule has 0 spiro atoms. The number of aliphatic hydroxyl groups excluding tert-OH is 1. The Bertz CT molecular complexity index is 641. The zero-order valence-electron chi connectivity index (χ0n) is 16.7. The Hall–Kier alpha value is -1.63. The predicted octanol–water partition coefficient (Wildman–Crippen LogP) is 1.81. The summed E-state index contributed by atoms with van der Waals surface area (Å²) in [4.78, 5) is 14.2. The summed E-state index contributed by atoms with van der Waals surface area (Å²) >= 11 is 0. The topological polar surface area (TPSA) is 71.0 Å². The maximum atomic E-state index is 11.8. The van der Waals surface area contributed by atoms with Crippen LogP contribution in [0.4, 0.5) is 0 Å². The third-order valence-electron chi connectivity index (χ3n) is 5.48. The molecular formula is C21H32N2O4. The molecule has 27 heavy (non-hydrogen) atoms. The summed E-state index contributed by atoms with van der Waals surface area (Å²) in [6.07, 6.45) is 0.939. The monoisotopic (exact) mass is 376 g/mol. The van der Waals surface area contributed by atoms with Gasteiger partial charge in [-0.25, -0.2) is 0 Å². The van der Waals surface area contributed by atoms with Crippen molar-refractivity contribution in [1.82, 2.24) is 10.2 Å². The number of ether oxygens (including phenoxy) is 2. The van der Waals surface area contributed by atoms with E-state index in [0.717, 1.165) is 39.3 Å². The summed E-state index contributed by atoms with van der Waals surface area (Å²) in [6.45, 7) is 10.3. The van der Waals surface area contributed by atoms with Crippen molar-refractivity contribution >= 4 is 5.91 Å². The van der Waals surface area contributed by atoms with Gasteiger partial charge in [0.25, 0.3) is 5.91 Å². The molecule has 2 aliphatic rings. The van der Waals surface area contributed by atoms with E-state index in [2.05, 4.69) is 10.2 Å². The molecule has 0 radical (unpaired) electrons. The summed E-state index contributed by atoms with van der Waals surface area (Å²) in [7, 11) is 0. The van der Waals surface area contributed by atoms with Gasteiger partial charge in [0.05, 0.1) is 13.2 Å². The number of likely N-dealkylation sites (tertiary alicyclic amines) is 1. The minimum atomic E-state index is -0.256. The first-order valence-electron chi connectivity index (χ1n) is 9.73. The van der Waals surface area contributed by atoms with E-state index >= 15 is 0 Å². The second-order valence-electron chi connectivity index (χ2n) is 8.94. The van der Waals surface area contributed by atoms with Crippen LogP contribution in [0.2, 0.25) is 0 Å². The van der Waals surface area contributed by atoms with E-state index in [1.165, 1.54) is 5.56 Å². The first kappa shape index (κ1) is 20.1. The van der Waals surface area contributed by atoms with E-state index in [1.807, 2.05) is 45.0 Å². The number of nitrogens with zero attached hydrogens (tertiary/aromatic N) is 1. The summed E-state index contributed by atoms with van der Waals surface area (Å²) in [6, 6.07) is 7.91. The largest absolute Gasteiger partial charge is 0.484 e. The summed E-state index contributed by atoms with van der Waals surface area (Å²) in [5, 5.41) is 12.8. The van der Waals surface area contributed by atoms with Crippen LogP contribution in [-0.2, 0) is 16.1 Å². The molecule has 3 rings (SSSR count). The Morgan fingerprint density at radius 1 is 1.37 bits per heavy atom. The fourth-order valence-corrected chi connectivity index (χ4v) is 4.09. The van der Waals surface area contributed by atoms with Crippen molar-refractivity contribution < 1.29 is 19.4 Å². The molecule has 2 heterocycles. The van der Waals surface area contributed by atoms with Gasteiger partial charge in [-0.05, 0) is 44.9 Å². The zero-order valence-corrected chi connectivity index (χ0v) is 16.7. The highest BCUT2D eigenvalue weighted by Crippen LogP contribution is 2.42. The van der Waals surface area contributed by atoms with Crippen LogP contribution in [0.15, 0.2) is 24.3 Å². The Balaban J connectivity index is 1.50. The first-order chi connectivity index (χ1) is 12.8. The van der Waals surface area contributed by atoms with Crippen LogP contribution in [0.3, 0.4) is 0 Å². The maximum absolute atomic E-state index is 11.8. The normalized spacial score (nSPS) is 25.9. The lowest BCUT2D eigenvalue weighted by Gasteiger charge is -2.36. The third-order valence-corrected chi connectivity index (χ3v) is 5.48. The predicted molar refractivity (Wildman–Crippen MR) is 104 cm³/mol. The van der Waals surface area contributed by atoms with Gasteiger partial charge in [0.15, 0.2) is 6.61 Å². The van der Waals surface area contributed by atoms with E-state index in [0.29, 0.717) is 11.7 Å². The molecule has 0 unspecified atom stereocenters. The molecule has 0 saturated carbocycles. The molecule has 0 bridgehead atoms. The lowest BCUT2D eigenvalue weighted by molar-refractivity contribution is -0.124. The van der Waals surface area contributed by atoms with E-state index < -0.39 is 0 Å². The van der Waals surface area contributed by atoms with E-state index in [9.17, 15) is 9.90 Å². The van der Waals surface area contributed by atoms with Crippen molar-refractivity contribution in [2.24, 2.45) is 11.3 Å². The van der Waals surface area contributed by atoms with E-state index in [4.69, 9.17) is 9.47 Å². The molecule has 0 aliphatic carbocycles. The van der Waals surface area contributed by atoms with Crippen LogP contribution >= 0.6 is 0 Å². The first-order valence-corrected chi connectivity index (χ1v) is 9.73. The Morgan fingerprint density at radius 3 is 2.74 bits per heavy atom. The van der Waals surface area contributed by atoms with Gasteiger partial charge in [-0.3, -0.25) is 9.69 Å². The van der Waals surface area contributed by atoms with Gasteiger partial charge in [-0.15, -0.1) is 0 Å². The molecular weight excluding hydrogens is 344 g/mol. The van der Waals surface area contributed by atoms with Crippen molar-refractivity contribution in [1.29, 1.82) is 0 Å². The number of aliphatic hydroxyl groups is 1. The molecule has 2 saturated heterocycles. The van der Waals surface area contributed by atoms with Gasteiger partial charge in [-0.2, -0.15) is 0 Å². The van der Waals surface area contributed by atoms with Crippen LogP contribution in [-0.4, -0.2) is 61.0 Å². The van der Waals surface area contributed by atoms with Crippen LogP contribution in [0.1, 0.15) is 32.8 Å². The van der Waals surface area contributed by atoms with Crippen molar-refractivity contribution in [2.45, 2.75) is 39.3 Å². The minimum absolute atomic E-state index is 0.00170. The number of benzene rings is 1. The van der Waals surface area contributed by atoms with Crippen LogP contribution < -0.4 is 10.1 Å². The number of rotatable bonds is 6. The summed E-state index contributed by atoms with van der Waals surface area (Å²) < 4.78 is 11.2. The highest BCUT2D eigenvalue weighted by atomic mass is 16.5. The van der Waals surface area contributed by atoms with Gasteiger partial charge >= 0.3 is 0 Å². The SMILES string of the molecule is CC(C)(C)NC(=O)COc1ccc(CN2C[C@@H]3COCC[C@]3(CO)C2)cc1. The zero-order chi connectivity index (χ0) is 19.5. The summed E-state index contributed by atoms with van der Waals surface area (Å²) in [5.74, 6) is 0.987. The fourth-order valence-electron chi connectivity index (χ4n) is 4.09. The Kier molecular flexibility index (Phi) is 6.08. The average Bonchev–Trinajstić information content (AvgIpc) is 2.98. The standard InChI is InChI=1S/C21H32N2O4/c1-20(2,3)22-19(25)13-27-18-6-4-16(5-7-18)10-23-11-17-12-26-9-8-21(17,14-23)15-24/h4-7,17,24H,8-15H2,1-3H3,(H,22,25)/t17-,21-/m1/s1. The van der Waals surface area contributed by atoms with Gasteiger partial charge in [0.1, 0.15) is 5.75 Å². The number of carbonyl (C=O) groups excluding carboxylic acids is 1. The molecule has 1 amide bonds. The summed E-state index contributed by atoms with van der Waals surface area (Å²) in [5.41, 5.74) is 0.949. The van der Waals surface area contributed by atoms with Crippen molar-refractivity contribution in [3.8, 4) is 5.75 Å². The molecule has 6 nitrogen and oxygen atoms in total. The lowest BCUT2D eigenvalue weighted by Crippen LogP contribution is -2.43. The van der Waals surface area contributed by atoms with Gasteiger partial charge in [-0.1, -0.05) is 12.1 Å². The average molecular weight is 376 g/mol. The maximum Gasteiger partial charge on any atom is 0.258 e. The lowest BCUT2D eigenvalue weighted by atomic mass is 9.75. The highest BCUT2D eigenvalue weighted by molar-refractivity contribution is 5.78. The molecule has 6 heteroatoms. The van der Waals surface area contributed by atoms with Crippen molar-refractivity contribution in [3.63, 3.8) is 0 Å². The quantitative estimate of drug-likeness (QED) is 0.792. The number of nitrogens with one attached hydrogen (secondary N) is 1. The van der Waals surface area contributed by atoms with E-state index in [-0.39, 0.29) is 30.1 Å². The number of amides is 1. The van der Waals surface area contributed by atoms with Crippen molar-refractivity contribution in [2.75, 3.05) is 39.5 Å². The number of hydrogen-bond acceptors (Lipinski definition) is 5. The molecule has 2 N–H and O–H groups in total. The molecule has 2 atom stereocenters. The molecule has 1 aromatic carbocycles. The second kappa shape index (κ2) is 8.17. The smallest absolute Gasteiger partial charge is 0.258 e. The Labute approximate surface area is 161 Å². The second-order valence-corrected chi connectivity index (χ2v) is 8.94. The molecule has 2 aliphatic heterocycles. The minimum Gasteiger partial charge on any atom is -0.484 e. The van der Waals surface area contributed by atoms with Gasteiger partial charge < -0.3 is 19.9 Å². The fraction of sp³-hybridized carbons (Fsp3) is 0.667. The van der Waals surface area contributed by atoms with Crippen molar-refractivity contribution in [3.05, 3.63) is 29.8 Å². The number of hydrogen-bond donors (Lipinski definition) is 2. The van der Waals surface area contributed by atoms with Gasteiger partial charge in [0.2, 0.25) is 0 Å². The molecule has 2 fully saturated rings. The van der Waals surface area contributed by atoms with Crippen LogP contribution in [0, 0.1) is 11.3 Å². The third kappa shape index (κ3) is 5.21. The van der Waals surface area contributed by atoms with E-state index in [1.54, 1.807) is 0 Å². The number of fused-ring (bicyclic) bond motifs is 1.